The molecule has 0 atom stereocenters. The fourth-order valence-electron chi connectivity index (χ4n) is 0.458. The van der Waals surface area contributed by atoms with E-state index in [1.54, 1.807) is 17.5 Å². The van der Waals surface area contributed by atoms with Crippen LogP contribution in [0.5, 0.6) is 0 Å². The summed E-state index contributed by atoms with van der Waals surface area (Å²) in [6.07, 6.45) is -0.954. The van der Waals surface area contributed by atoms with Crippen LogP contribution >= 0.6 is 11.3 Å². The van der Waals surface area contributed by atoms with Gasteiger partial charge in [0.05, 0.1) is 13.2 Å². The summed E-state index contributed by atoms with van der Waals surface area (Å²) in [4.78, 5) is 10.5. The number of hydrogen-bond donors (Lipinski definition) is 4. The molecular weight excluding hydrogens is 208 g/mol. The quantitative estimate of drug-likeness (QED) is 0.564. The summed E-state index contributed by atoms with van der Waals surface area (Å²) in [5.41, 5.74) is 0. The van der Waals surface area contributed by atoms with Gasteiger partial charge in [-0.25, -0.2) is 4.79 Å². The van der Waals surface area contributed by atoms with E-state index in [1.165, 1.54) is 11.3 Å². The Labute approximate surface area is 84.9 Å². The number of aliphatic hydroxyl groups excluding tert-OH is 3. The van der Waals surface area contributed by atoms with Crippen LogP contribution < -0.4 is 0 Å². The topological polar surface area (TPSA) is 98.0 Å². The predicted molar refractivity (Wildman–Crippen MR) is 51.5 cm³/mol. The summed E-state index contributed by atoms with van der Waals surface area (Å²) in [6, 6.07) is 3.29. The smallest absolute Gasteiger partial charge is 0.345 e. The predicted octanol–water partition coefficient (Wildman–Crippen LogP) is -0.222. The number of carboxylic acid groups (broad SMARTS) is 1. The number of carbonyl (C=O) groups is 1. The SMILES string of the molecule is O=C(O)c1cccs1.OCC(O)CO. The minimum absolute atomic E-state index is 0.365. The van der Waals surface area contributed by atoms with Crippen molar-refractivity contribution in [2.45, 2.75) is 6.10 Å². The molecule has 0 saturated heterocycles. The zero-order valence-corrected chi connectivity index (χ0v) is 8.15. The minimum atomic E-state index is -0.954. The summed E-state index contributed by atoms with van der Waals surface area (Å²) in [7, 11) is 0. The molecule has 80 valence electrons. The van der Waals surface area contributed by atoms with Crippen LogP contribution in [0.15, 0.2) is 17.5 Å². The maximum atomic E-state index is 10.1. The third kappa shape index (κ3) is 5.65. The lowest BCUT2D eigenvalue weighted by Gasteiger charge is -1.96. The lowest BCUT2D eigenvalue weighted by Crippen LogP contribution is -2.15. The van der Waals surface area contributed by atoms with Crippen LogP contribution in [0.3, 0.4) is 0 Å². The summed E-state index contributed by atoms with van der Waals surface area (Å²) in [6.45, 7) is -0.729. The van der Waals surface area contributed by atoms with Crippen LogP contribution in [0.2, 0.25) is 0 Å². The number of aliphatic hydroxyl groups is 3. The van der Waals surface area contributed by atoms with Gasteiger partial charge in [-0.1, -0.05) is 6.07 Å². The Balaban J connectivity index is 0.000000255. The van der Waals surface area contributed by atoms with Crippen molar-refractivity contribution in [3.8, 4) is 0 Å². The maximum Gasteiger partial charge on any atom is 0.345 e. The first-order valence-corrected chi connectivity index (χ1v) is 4.66. The summed E-state index contributed by atoms with van der Waals surface area (Å²) >= 11 is 1.23. The van der Waals surface area contributed by atoms with Crippen LogP contribution in [0.25, 0.3) is 0 Å². The van der Waals surface area contributed by atoms with Gasteiger partial charge in [0.1, 0.15) is 11.0 Å². The van der Waals surface area contributed by atoms with E-state index in [1.807, 2.05) is 0 Å². The van der Waals surface area contributed by atoms with E-state index in [-0.39, 0.29) is 13.2 Å². The molecule has 0 amide bonds. The number of aromatic carboxylic acids is 1. The molecule has 1 aromatic rings. The van der Waals surface area contributed by atoms with E-state index in [0.717, 1.165) is 0 Å². The van der Waals surface area contributed by atoms with Gasteiger partial charge in [-0.2, -0.15) is 0 Å². The van der Waals surface area contributed by atoms with Crippen LogP contribution in [-0.4, -0.2) is 45.7 Å². The van der Waals surface area contributed by atoms with Crippen LogP contribution in [0.1, 0.15) is 9.67 Å². The Morgan fingerprint density at radius 3 is 2.14 bits per heavy atom. The molecule has 1 aromatic heterocycles. The Hall–Kier alpha value is -0.950. The number of hydrogen-bond acceptors (Lipinski definition) is 5. The van der Waals surface area contributed by atoms with E-state index in [0.29, 0.717) is 4.88 Å². The number of rotatable bonds is 3. The minimum Gasteiger partial charge on any atom is -0.477 e. The molecule has 0 aromatic carbocycles. The van der Waals surface area contributed by atoms with Gasteiger partial charge in [0, 0.05) is 0 Å². The second-order valence-corrected chi connectivity index (χ2v) is 3.25. The second kappa shape index (κ2) is 7.45. The molecule has 0 radical (unpaired) electrons. The van der Waals surface area contributed by atoms with Crippen LogP contribution in [0, 0.1) is 0 Å². The Bertz CT molecular complexity index is 242. The number of carboxylic acids is 1. The molecule has 0 saturated carbocycles. The summed E-state index contributed by atoms with van der Waals surface area (Å²) in [5, 5.41) is 34.0. The van der Waals surface area contributed by atoms with E-state index in [4.69, 9.17) is 20.4 Å². The fourth-order valence-corrected chi connectivity index (χ4v) is 1.02. The summed E-state index contributed by atoms with van der Waals surface area (Å²) in [5.74, 6) is -0.847. The van der Waals surface area contributed by atoms with E-state index in [9.17, 15) is 4.79 Å². The lowest BCUT2D eigenvalue weighted by atomic mass is 10.4. The standard InChI is InChI=1S/C5H4O2S.C3H8O3/c6-5(7)4-2-1-3-8-4;4-1-3(6)2-5/h1-3H,(H,6,7);3-6H,1-2H2. The molecular formula is C8H12O5S. The largest absolute Gasteiger partial charge is 0.477 e. The number of thiophene rings is 1. The van der Waals surface area contributed by atoms with E-state index in [2.05, 4.69) is 0 Å². The highest BCUT2D eigenvalue weighted by Gasteiger charge is 1.99. The first kappa shape index (κ1) is 13.1. The zero-order chi connectivity index (χ0) is 11.0. The highest BCUT2D eigenvalue weighted by atomic mass is 32.1. The van der Waals surface area contributed by atoms with Crippen molar-refractivity contribution in [1.29, 1.82) is 0 Å². The van der Waals surface area contributed by atoms with Gasteiger partial charge >= 0.3 is 5.97 Å². The molecule has 0 spiro atoms. The Morgan fingerprint density at radius 1 is 1.43 bits per heavy atom. The molecule has 0 aliphatic carbocycles. The Kier molecular flexibility index (Phi) is 6.95. The third-order valence-corrected chi connectivity index (χ3v) is 2.01. The zero-order valence-electron chi connectivity index (χ0n) is 7.33. The van der Waals surface area contributed by atoms with Gasteiger partial charge in [0.15, 0.2) is 0 Å². The van der Waals surface area contributed by atoms with E-state index < -0.39 is 12.1 Å². The monoisotopic (exact) mass is 220 g/mol. The van der Waals surface area contributed by atoms with Crippen molar-refractivity contribution >= 4 is 17.3 Å². The molecule has 0 aliphatic rings. The van der Waals surface area contributed by atoms with Crippen LogP contribution in [-0.2, 0) is 0 Å². The highest BCUT2D eigenvalue weighted by Crippen LogP contribution is 2.06. The van der Waals surface area contributed by atoms with Gasteiger partial charge in [0.25, 0.3) is 0 Å². The first-order valence-electron chi connectivity index (χ1n) is 3.78. The second-order valence-electron chi connectivity index (χ2n) is 2.30. The van der Waals surface area contributed by atoms with Crippen molar-refractivity contribution in [2.75, 3.05) is 13.2 Å². The van der Waals surface area contributed by atoms with Gasteiger partial charge in [-0.15, -0.1) is 11.3 Å². The molecule has 6 heteroatoms. The molecule has 4 N–H and O–H groups in total. The van der Waals surface area contributed by atoms with Crippen molar-refractivity contribution in [3.63, 3.8) is 0 Å². The molecule has 5 nitrogen and oxygen atoms in total. The highest BCUT2D eigenvalue weighted by molar-refractivity contribution is 7.11. The molecule has 0 fully saturated rings. The first-order chi connectivity index (χ1) is 6.61. The normalized spacial score (nSPS) is 9.43. The average Bonchev–Trinajstić information content (AvgIpc) is 2.70. The van der Waals surface area contributed by atoms with E-state index >= 15 is 0 Å². The van der Waals surface area contributed by atoms with Gasteiger partial charge in [0.2, 0.25) is 0 Å². The maximum absolute atomic E-state index is 10.1. The van der Waals surface area contributed by atoms with Gasteiger partial charge in [-0.3, -0.25) is 0 Å². The molecule has 0 bridgehead atoms. The van der Waals surface area contributed by atoms with Gasteiger partial charge < -0.3 is 20.4 Å². The molecule has 1 heterocycles. The van der Waals surface area contributed by atoms with Gasteiger partial charge in [-0.05, 0) is 11.4 Å². The molecule has 14 heavy (non-hydrogen) atoms. The van der Waals surface area contributed by atoms with Crippen molar-refractivity contribution < 1.29 is 25.2 Å². The van der Waals surface area contributed by atoms with Crippen molar-refractivity contribution in [3.05, 3.63) is 22.4 Å². The van der Waals surface area contributed by atoms with Crippen LogP contribution in [0.4, 0.5) is 0 Å². The summed E-state index contributed by atoms with van der Waals surface area (Å²) < 4.78 is 0. The Morgan fingerprint density at radius 2 is 2.00 bits per heavy atom. The van der Waals surface area contributed by atoms with Crippen molar-refractivity contribution in [2.24, 2.45) is 0 Å². The van der Waals surface area contributed by atoms with Crippen molar-refractivity contribution in [1.82, 2.24) is 0 Å². The molecule has 1 rings (SSSR count). The average molecular weight is 220 g/mol. The lowest BCUT2D eigenvalue weighted by molar-refractivity contribution is 0.0450. The third-order valence-electron chi connectivity index (χ3n) is 1.15. The molecule has 0 aliphatic heterocycles. The molecule has 0 unspecified atom stereocenters. The fraction of sp³-hybridized carbons (Fsp3) is 0.375.